The van der Waals surface area contributed by atoms with Gasteiger partial charge >= 0.3 is 0 Å². The zero-order chi connectivity index (χ0) is 8.55. The van der Waals surface area contributed by atoms with Crippen molar-refractivity contribution in [3.63, 3.8) is 0 Å². The van der Waals surface area contributed by atoms with Gasteiger partial charge in [-0.05, 0) is 13.3 Å². The van der Waals surface area contributed by atoms with Crippen LogP contribution in [0.3, 0.4) is 0 Å². The Bertz CT molecular complexity index is 273. The number of hydrogen-bond donors (Lipinski definition) is 2. The second-order valence-corrected chi connectivity index (χ2v) is 3.40. The van der Waals surface area contributed by atoms with Gasteiger partial charge in [0.25, 0.3) is 0 Å². The van der Waals surface area contributed by atoms with Crippen LogP contribution in [0.25, 0.3) is 0 Å². The number of aromatic amines is 1. The highest BCUT2D eigenvalue weighted by Crippen LogP contribution is 2.18. The van der Waals surface area contributed by atoms with Gasteiger partial charge in [0.05, 0.1) is 5.69 Å². The van der Waals surface area contributed by atoms with Crippen molar-refractivity contribution in [1.82, 2.24) is 15.3 Å². The molecule has 1 saturated heterocycles. The molecular formula is C9H15N3. The van der Waals surface area contributed by atoms with Crippen LogP contribution in [0.2, 0.25) is 0 Å². The summed E-state index contributed by atoms with van der Waals surface area (Å²) in [5.74, 6) is 1.80. The molecule has 1 aromatic rings. The van der Waals surface area contributed by atoms with Gasteiger partial charge in [-0.2, -0.15) is 0 Å². The number of aromatic nitrogens is 2. The van der Waals surface area contributed by atoms with Crippen LogP contribution in [0.1, 0.15) is 30.1 Å². The topological polar surface area (TPSA) is 40.7 Å². The summed E-state index contributed by atoms with van der Waals surface area (Å²) < 4.78 is 0. The number of H-pyrrole nitrogens is 1. The molecule has 0 unspecified atom stereocenters. The molecule has 1 aliphatic heterocycles. The molecule has 0 aliphatic carbocycles. The highest BCUT2D eigenvalue weighted by atomic mass is 15.0. The van der Waals surface area contributed by atoms with Crippen molar-refractivity contribution in [3.8, 4) is 0 Å². The average molecular weight is 165 g/mol. The van der Waals surface area contributed by atoms with Gasteiger partial charge < -0.3 is 10.3 Å². The van der Waals surface area contributed by atoms with Crippen LogP contribution >= 0.6 is 0 Å². The van der Waals surface area contributed by atoms with Crippen LogP contribution in [0.15, 0.2) is 0 Å². The van der Waals surface area contributed by atoms with E-state index in [9.17, 15) is 0 Å². The standard InChI is InChI=1S/C9H15N3/c1-3-8-6(2)11-9(12-8)7-4-10-5-7/h7,10H,3-5H2,1-2H3,(H,11,12). The second-order valence-electron chi connectivity index (χ2n) is 3.40. The fourth-order valence-corrected chi connectivity index (χ4v) is 1.54. The van der Waals surface area contributed by atoms with E-state index in [0.29, 0.717) is 5.92 Å². The molecule has 0 spiro atoms. The third-order valence-electron chi connectivity index (χ3n) is 2.51. The van der Waals surface area contributed by atoms with Crippen LogP contribution in [-0.4, -0.2) is 23.1 Å². The Balaban J connectivity index is 2.21. The minimum Gasteiger partial charge on any atom is -0.346 e. The fraction of sp³-hybridized carbons (Fsp3) is 0.667. The summed E-state index contributed by atoms with van der Waals surface area (Å²) in [4.78, 5) is 7.90. The maximum atomic E-state index is 4.55. The third-order valence-corrected chi connectivity index (χ3v) is 2.51. The maximum absolute atomic E-state index is 4.55. The van der Waals surface area contributed by atoms with E-state index >= 15 is 0 Å². The van der Waals surface area contributed by atoms with Gasteiger partial charge in [0.2, 0.25) is 0 Å². The number of imidazole rings is 1. The molecule has 0 saturated carbocycles. The van der Waals surface area contributed by atoms with Gasteiger partial charge in [-0.25, -0.2) is 4.98 Å². The maximum Gasteiger partial charge on any atom is 0.112 e. The second kappa shape index (κ2) is 2.90. The highest BCUT2D eigenvalue weighted by Gasteiger charge is 2.22. The first-order chi connectivity index (χ1) is 5.81. The summed E-state index contributed by atoms with van der Waals surface area (Å²) >= 11 is 0. The molecule has 2 N–H and O–H groups in total. The summed E-state index contributed by atoms with van der Waals surface area (Å²) in [6.07, 6.45) is 1.03. The summed E-state index contributed by atoms with van der Waals surface area (Å²) in [5, 5.41) is 3.25. The Hall–Kier alpha value is -0.830. The van der Waals surface area contributed by atoms with Crippen molar-refractivity contribution >= 4 is 0 Å². The highest BCUT2D eigenvalue weighted by molar-refractivity contribution is 5.17. The molecule has 1 aliphatic rings. The van der Waals surface area contributed by atoms with E-state index in [0.717, 1.165) is 19.5 Å². The van der Waals surface area contributed by atoms with Gasteiger partial charge in [-0.3, -0.25) is 0 Å². The zero-order valence-corrected chi connectivity index (χ0v) is 7.65. The van der Waals surface area contributed by atoms with Gasteiger partial charge in [-0.1, -0.05) is 6.92 Å². The molecule has 0 radical (unpaired) electrons. The number of nitrogens with zero attached hydrogens (tertiary/aromatic N) is 1. The van der Waals surface area contributed by atoms with E-state index in [2.05, 4.69) is 29.1 Å². The molecule has 12 heavy (non-hydrogen) atoms. The molecule has 1 aromatic heterocycles. The Kier molecular flexibility index (Phi) is 1.89. The average Bonchev–Trinajstić information content (AvgIpc) is 2.27. The predicted molar refractivity (Wildman–Crippen MR) is 48.3 cm³/mol. The largest absolute Gasteiger partial charge is 0.346 e. The zero-order valence-electron chi connectivity index (χ0n) is 7.65. The first-order valence-electron chi connectivity index (χ1n) is 4.57. The van der Waals surface area contributed by atoms with Crippen LogP contribution in [0, 0.1) is 6.92 Å². The predicted octanol–water partition coefficient (Wildman–Crippen LogP) is 0.967. The first kappa shape index (κ1) is 7.80. The van der Waals surface area contributed by atoms with Crippen molar-refractivity contribution in [1.29, 1.82) is 0 Å². The van der Waals surface area contributed by atoms with Crippen molar-refractivity contribution in [2.24, 2.45) is 0 Å². The lowest BCUT2D eigenvalue weighted by molar-refractivity contribution is 0.432. The van der Waals surface area contributed by atoms with E-state index in [1.807, 2.05) is 0 Å². The third kappa shape index (κ3) is 1.14. The summed E-state index contributed by atoms with van der Waals surface area (Å²) in [6.45, 7) is 6.40. The van der Waals surface area contributed by atoms with Crippen molar-refractivity contribution in [2.75, 3.05) is 13.1 Å². The fourth-order valence-electron chi connectivity index (χ4n) is 1.54. The minimum absolute atomic E-state index is 0.629. The Morgan fingerprint density at radius 3 is 2.67 bits per heavy atom. The molecule has 1 fully saturated rings. The van der Waals surface area contributed by atoms with Crippen LogP contribution in [-0.2, 0) is 6.42 Å². The summed E-state index contributed by atoms with van der Waals surface area (Å²) in [5.41, 5.74) is 2.45. The monoisotopic (exact) mass is 165 g/mol. The van der Waals surface area contributed by atoms with Crippen LogP contribution < -0.4 is 5.32 Å². The van der Waals surface area contributed by atoms with Crippen LogP contribution in [0.5, 0.6) is 0 Å². The van der Waals surface area contributed by atoms with E-state index in [1.54, 1.807) is 0 Å². The van der Waals surface area contributed by atoms with E-state index in [4.69, 9.17) is 0 Å². The summed E-state index contributed by atoms with van der Waals surface area (Å²) in [7, 11) is 0. The lowest BCUT2D eigenvalue weighted by Gasteiger charge is -2.24. The molecule has 2 rings (SSSR count). The molecular weight excluding hydrogens is 150 g/mol. The van der Waals surface area contributed by atoms with Gasteiger partial charge in [-0.15, -0.1) is 0 Å². The van der Waals surface area contributed by atoms with E-state index < -0.39 is 0 Å². The number of rotatable bonds is 2. The molecule has 2 heterocycles. The van der Waals surface area contributed by atoms with Crippen LogP contribution in [0.4, 0.5) is 0 Å². The number of aryl methyl sites for hydroxylation is 2. The lowest BCUT2D eigenvalue weighted by atomic mass is 10.0. The van der Waals surface area contributed by atoms with Crippen molar-refractivity contribution in [3.05, 3.63) is 17.2 Å². The van der Waals surface area contributed by atoms with E-state index in [-0.39, 0.29) is 0 Å². The van der Waals surface area contributed by atoms with E-state index in [1.165, 1.54) is 17.2 Å². The Morgan fingerprint density at radius 1 is 1.50 bits per heavy atom. The molecule has 0 amide bonds. The summed E-state index contributed by atoms with van der Waals surface area (Å²) in [6, 6.07) is 0. The van der Waals surface area contributed by atoms with Gasteiger partial charge in [0, 0.05) is 24.7 Å². The Labute approximate surface area is 72.6 Å². The quantitative estimate of drug-likeness (QED) is 0.685. The normalized spacial score (nSPS) is 17.8. The van der Waals surface area contributed by atoms with Crippen molar-refractivity contribution in [2.45, 2.75) is 26.2 Å². The first-order valence-corrected chi connectivity index (χ1v) is 4.57. The van der Waals surface area contributed by atoms with Crippen molar-refractivity contribution < 1.29 is 0 Å². The van der Waals surface area contributed by atoms with Gasteiger partial charge in [0.1, 0.15) is 5.82 Å². The molecule has 3 heteroatoms. The molecule has 0 aromatic carbocycles. The minimum atomic E-state index is 0.629. The van der Waals surface area contributed by atoms with Gasteiger partial charge in [0.15, 0.2) is 0 Å². The molecule has 0 bridgehead atoms. The molecule has 3 nitrogen and oxygen atoms in total. The number of nitrogens with one attached hydrogen (secondary N) is 2. The smallest absolute Gasteiger partial charge is 0.112 e. The molecule has 0 atom stereocenters. The molecule has 66 valence electrons. The number of hydrogen-bond acceptors (Lipinski definition) is 2. The SMILES string of the molecule is CCc1nc(C2CNC2)[nH]c1C. The Morgan fingerprint density at radius 2 is 2.25 bits per heavy atom. The lowest BCUT2D eigenvalue weighted by Crippen LogP contribution is -2.40.